The summed E-state index contributed by atoms with van der Waals surface area (Å²) in [7, 11) is 0. The van der Waals surface area contributed by atoms with Crippen LogP contribution >= 0.6 is 15.9 Å². The van der Waals surface area contributed by atoms with Crippen LogP contribution in [0.3, 0.4) is 0 Å². The molecule has 1 heterocycles. The fourth-order valence-electron chi connectivity index (χ4n) is 1.37. The van der Waals surface area contributed by atoms with Crippen LogP contribution in [0.1, 0.15) is 12.7 Å². The van der Waals surface area contributed by atoms with Crippen LogP contribution in [0.25, 0.3) is 11.0 Å². The first-order valence-electron chi connectivity index (χ1n) is 4.61. The van der Waals surface area contributed by atoms with E-state index in [9.17, 15) is 13.9 Å². The largest absolute Gasteiger partial charge is 0.458 e. The van der Waals surface area contributed by atoms with Gasteiger partial charge in [-0.05, 0) is 31.2 Å². The van der Waals surface area contributed by atoms with Crippen LogP contribution in [0.4, 0.5) is 8.78 Å². The van der Waals surface area contributed by atoms with Gasteiger partial charge in [0.1, 0.15) is 11.3 Å². The van der Waals surface area contributed by atoms with E-state index in [1.54, 1.807) is 18.2 Å². The van der Waals surface area contributed by atoms with E-state index in [0.717, 1.165) is 11.4 Å². The molecule has 0 fully saturated rings. The first-order chi connectivity index (χ1) is 7.41. The quantitative estimate of drug-likeness (QED) is 0.916. The van der Waals surface area contributed by atoms with Gasteiger partial charge in [-0.1, -0.05) is 15.9 Å². The highest BCUT2D eigenvalue weighted by Crippen LogP contribution is 2.33. The van der Waals surface area contributed by atoms with Crippen molar-refractivity contribution in [2.75, 3.05) is 0 Å². The third kappa shape index (κ3) is 1.85. The molecule has 5 heteroatoms. The van der Waals surface area contributed by atoms with Gasteiger partial charge in [-0.2, -0.15) is 0 Å². The van der Waals surface area contributed by atoms with Crippen molar-refractivity contribution in [1.29, 1.82) is 0 Å². The molecule has 16 heavy (non-hydrogen) atoms. The molecule has 1 aromatic carbocycles. The van der Waals surface area contributed by atoms with Gasteiger partial charge in [-0.15, -0.1) is 0 Å². The summed E-state index contributed by atoms with van der Waals surface area (Å²) in [6.45, 7) is 1.03. The molecular formula is C11H9BrF2O2. The van der Waals surface area contributed by atoms with Crippen LogP contribution in [0.2, 0.25) is 0 Å². The van der Waals surface area contributed by atoms with Gasteiger partial charge < -0.3 is 9.52 Å². The minimum Gasteiger partial charge on any atom is -0.458 e. The standard InChI is InChI=1S/C11H9BrF2O2/c1-11(15,10(13)14)9-5-6-4-7(12)2-3-8(6)16-9/h2-5,10,15H,1H3. The van der Waals surface area contributed by atoms with Gasteiger partial charge >= 0.3 is 0 Å². The number of benzene rings is 1. The summed E-state index contributed by atoms with van der Waals surface area (Å²) in [6.07, 6.45) is -2.89. The Morgan fingerprint density at radius 2 is 2.06 bits per heavy atom. The van der Waals surface area contributed by atoms with E-state index in [-0.39, 0.29) is 5.76 Å². The number of fused-ring (bicyclic) bond motifs is 1. The van der Waals surface area contributed by atoms with Crippen molar-refractivity contribution in [2.45, 2.75) is 19.0 Å². The van der Waals surface area contributed by atoms with E-state index in [2.05, 4.69) is 15.9 Å². The minimum atomic E-state index is -2.89. The molecule has 1 aromatic heterocycles. The van der Waals surface area contributed by atoms with E-state index < -0.39 is 12.0 Å². The Labute approximate surface area is 99.0 Å². The van der Waals surface area contributed by atoms with E-state index in [0.29, 0.717) is 11.0 Å². The normalized spacial score (nSPS) is 15.6. The number of hydrogen-bond acceptors (Lipinski definition) is 2. The average molecular weight is 291 g/mol. The monoisotopic (exact) mass is 290 g/mol. The van der Waals surface area contributed by atoms with E-state index in [1.165, 1.54) is 6.07 Å². The SMILES string of the molecule is CC(O)(c1cc2cc(Br)ccc2o1)C(F)F. The van der Waals surface area contributed by atoms with E-state index in [1.807, 2.05) is 0 Å². The van der Waals surface area contributed by atoms with Crippen molar-refractivity contribution in [2.24, 2.45) is 0 Å². The third-order valence-corrected chi connectivity index (χ3v) is 2.90. The molecule has 0 saturated carbocycles. The van der Waals surface area contributed by atoms with Crippen LogP contribution in [0, 0.1) is 0 Å². The Morgan fingerprint density at radius 3 is 2.69 bits per heavy atom. The molecule has 1 N–H and O–H groups in total. The molecule has 0 aliphatic rings. The zero-order valence-corrected chi connectivity index (χ0v) is 9.96. The molecule has 0 bridgehead atoms. The summed E-state index contributed by atoms with van der Waals surface area (Å²) in [5.74, 6) is -0.129. The van der Waals surface area contributed by atoms with Crippen molar-refractivity contribution < 1.29 is 18.3 Å². The summed E-state index contributed by atoms with van der Waals surface area (Å²) < 4.78 is 31.2. The number of alkyl halides is 2. The van der Waals surface area contributed by atoms with Gasteiger partial charge in [0.25, 0.3) is 6.43 Å². The van der Waals surface area contributed by atoms with Crippen LogP contribution in [0.15, 0.2) is 33.2 Å². The van der Waals surface area contributed by atoms with E-state index in [4.69, 9.17) is 4.42 Å². The van der Waals surface area contributed by atoms with Gasteiger partial charge in [0.2, 0.25) is 0 Å². The van der Waals surface area contributed by atoms with Crippen LogP contribution in [-0.2, 0) is 5.60 Å². The number of halogens is 3. The second-order valence-electron chi connectivity index (χ2n) is 3.74. The van der Waals surface area contributed by atoms with Crippen molar-refractivity contribution in [3.05, 3.63) is 34.5 Å². The lowest BCUT2D eigenvalue weighted by molar-refractivity contribution is -0.0999. The lowest BCUT2D eigenvalue weighted by Gasteiger charge is -2.18. The molecule has 1 atom stereocenters. The maximum Gasteiger partial charge on any atom is 0.273 e. The highest BCUT2D eigenvalue weighted by atomic mass is 79.9. The zero-order chi connectivity index (χ0) is 11.9. The molecule has 0 aliphatic carbocycles. The fourth-order valence-corrected chi connectivity index (χ4v) is 1.75. The summed E-state index contributed by atoms with van der Waals surface area (Å²) in [5, 5.41) is 10.2. The van der Waals surface area contributed by atoms with Gasteiger partial charge in [0.15, 0.2) is 5.60 Å². The van der Waals surface area contributed by atoms with Gasteiger partial charge in [-0.25, -0.2) is 8.78 Å². The third-order valence-electron chi connectivity index (χ3n) is 2.40. The van der Waals surface area contributed by atoms with Crippen molar-refractivity contribution in [3.8, 4) is 0 Å². The number of hydrogen-bond donors (Lipinski definition) is 1. The van der Waals surface area contributed by atoms with Crippen molar-refractivity contribution >= 4 is 26.9 Å². The summed E-state index contributed by atoms with van der Waals surface area (Å²) in [6, 6.07) is 6.56. The molecule has 2 rings (SSSR count). The Kier molecular flexibility index (Phi) is 2.75. The molecule has 0 aliphatic heterocycles. The second kappa shape index (κ2) is 3.82. The van der Waals surface area contributed by atoms with E-state index >= 15 is 0 Å². The first kappa shape index (κ1) is 11.5. The molecule has 86 valence electrons. The van der Waals surface area contributed by atoms with Gasteiger partial charge in [0, 0.05) is 9.86 Å². The minimum absolute atomic E-state index is 0.129. The number of aliphatic hydroxyl groups is 1. The first-order valence-corrected chi connectivity index (χ1v) is 5.40. The maximum absolute atomic E-state index is 12.6. The zero-order valence-electron chi connectivity index (χ0n) is 8.38. The Hall–Kier alpha value is -0.940. The lowest BCUT2D eigenvalue weighted by Crippen LogP contribution is -2.29. The van der Waals surface area contributed by atoms with Crippen molar-refractivity contribution in [3.63, 3.8) is 0 Å². The summed E-state index contributed by atoms with van der Waals surface area (Å²) >= 11 is 3.27. The second-order valence-corrected chi connectivity index (χ2v) is 4.66. The topological polar surface area (TPSA) is 33.4 Å². The number of furan rings is 1. The molecule has 0 amide bonds. The van der Waals surface area contributed by atoms with Crippen LogP contribution < -0.4 is 0 Å². The summed E-state index contributed by atoms with van der Waals surface area (Å²) in [5.41, 5.74) is -1.79. The lowest BCUT2D eigenvalue weighted by atomic mass is 10.0. The molecular weight excluding hydrogens is 282 g/mol. The molecule has 0 saturated heterocycles. The molecule has 2 nitrogen and oxygen atoms in total. The Morgan fingerprint density at radius 1 is 1.38 bits per heavy atom. The summed E-state index contributed by atoms with van der Waals surface area (Å²) in [4.78, 5) is 0. The maximum atomic E-state index is 12.6. The fraction of sp³-hybridized carbons (Fsp3) is 0.273. The highest BCUT2D eigenvalue weighted by Gasteiger charge is 2.37. The smallest absolute Gasteiger partial charge is 0.273 e. The van der Waals surface area contributed by atoms with Crippen molar-refractivity contribution in [1.82, 2.24) is 0 Å². The Balaban J connectivity index is 2.55. The molecule has 0 spiro atoms. The molecule has 1 unspecified atom stereocenters. The number of rotatable bonds is 2. The van der Waals surface area contributed by atoms with Gasteiger partial charge in [-0.3, -0.25) is 0 Å². The Bertz CT molecular complexity index is 520. The molecule has 2 aromatic rings. The predicted molar refractivity (Wildman–Crippen MR) is 59.5 cm³/mol. The molecule has 0 radical (unpaired) electrons. The van der Waals surface area contributed by atoms with Gasteiger partial charge in [0.05, 0.1) is 0 Å². The van der Waals surface area contributed by atoms with Crippen LogP contribution in [-0.4, -0.2) is 11.5 Å². The predicted octanol–water partition coefficient (Wildman–Crippen LogP) is 3.67. The average Bonchev–Trinajstić information content (AvgIpc) is 2.60. The van der Waals surface area contributed by atoms with Crippen LogP contribution in [0.5, 0.6) is 0 Å². The highest BCUT2D eigenvalue weighted by molar-refractivity contribution is 9.10.